The second kappa shape index (κ2) is 4.90. The van der Waals surface area contributed by atoms with E-state index in [1.807, 2.05) is 53.5 Å². The maximum atomic E-state index is 4.78. The fourth-order valence-electron chi connectivity index (χ4n) is 2.59. The zero-order valence-electron chi connectivity index (χ0n) is 11.4. The average molecular weight is 274 g/mol. The number of aromatic nitrogens is 4. The van der Waals surface area contributed by atoms with Gasteiger partial charge in [0.05, 0.1) is 23.9 Å². The first-order valence-corrected chi connectivity index (χ1v) is 6.89. The Kier molecular flexibility index (Phi) is 2.78. The highest BCUT2D eigenvalue weighted by molar-refractivity contribution is 5.78. The maximum absolute atomic E-state index is 4.78. The summed E-state index contributed by atoms with van der Waals surface area (Å²) in [6.45, 7) is 0.698. The summed E-state index contributed by atoms with van der Waals surface area (Å²) < 4.78 is 4.23. The van der Waals surface area contributed by atoms with Gasteiger partial charge in [-0.3, -0.25) is 4.57 Å². The summed E-state index contributed by atoms with van der Waals surface area (Å²) >= 11 is 0. The molecule has 2 aromatic heterocycles. The smallest absolute Gasteiger partial charge is 0.134 e. The summed E-state index contributed by atoms with van der Waals surface area (Å²) in [5, 5.41) is 0. The highest BCUT2D eigenvalue weighted by Gasteiger charge is 2.12. The Labute approximate surface area is 122 Å². The molecule has 0 spiro atoms. The minimum Gasteiger partial charge on any atom is -0.330 e. The SMILES string of the molecule is c1ccc(-n2c(Cn3ccnc3)nc3ccccc32)cc1. The number of imidazole rings is 2. The molecule has 0 amide bonds. The lowest BCUT2D eigenvalue weighted by molar-refractivity contribution is 0.733. The van der Waals surface area contributed by atoms with E-state index in [0.29, 0.717) is 6.54 Å². The summed E-state index contributed by atoms with van der Waals surface area (Å²) in [5.74, 6) is 1.00. The molecule has 2 aromatic carbocycles. The van der Waals surface area contributed by atoms with E-state index in [9.17, 15) is 0 Å². The van der Waals surface area contributed by atoms with Crippen LogP contribution in [0.1, 0.15) is 5.82 Å². The number of para-hydroxylation sites is 3. The van der Waals surface area contributed by atoms with Crippen LogP contribution < -0.4 is 0 Å². The van der Waals surface area contributed by atoms with Crippen molar-refractivity contribution in [2.75, 3.05) is 0 Å². The number of rotatable bonds is 3. The summed E-state index contributed by atoms with van der Waals surface area (Å²) in [7, 11) is 0. The lowest BCUT2D eigenvalue weighted by atomic mass is 10.3. The summed E-state index contributed by atoms with van der Waals surface area (Å²) in [5.41, 5.74) is 3.26. The van der Waals surface area contributed by atoms with E-state index in [-0.39, 0.29) is 0 Å². The molecule has 0 unspecified atom stereocenters. The topological polar surface area (TPSA) is 35.6 Å². The lowest BCUT2D eigenvalue weighted by Crippen LogP contribution is -2.06. The van der Waals surface area contributed by atoms with E-state index >= 15 is 0 Å². The van der Waals surface area contributed by atoms with Gasteiger partial charge in [0.15, 0.2) is 0 Å². The molecule has 0 radical (unpaired) electrons. The van der Waals surface area contributed by atoms with Crippen molar-refractivity contribution >= 4 is 11.0 Å². The highest BCUT2D eigenvalue weighted by Crippen LogP contribution is 2.21. The molecule has 21 heavy (non-hydrogen) atoms. The first kappa shape index (κ1) is 11.9. The van der Waals surface area contributed by atoms with Crippen molar-refractivity contribution < 1.29 is 0 Å². The van der Waals surface area contributed by atoms with Crippen molar-refractivity contribution in [3.63, 3.8) is 0 Å². The van der Waals surface area contributed by atoms with Gasteiger partial charge in [0.2, 0.25) is 0 Å². The number of hydrogen-bond acceptors (Lipinski definition) is 2. The van der Waals surface area contributed by atoms with E-state index in [1.54, 1.807) is 6.20 Å². The first-order valence-electron chi connectivity index (χ1n) is 6.89. The molecular formula is C17H14N4. The molecule has 0 bridgehead atoms. The minimum atomic E-state index is 0.698. The lowest BCUT2D eigenvalue weighted by Gasteiger charge is -2.09. The molecule has 102 valence electrons. The average Bonchev–Trinajstić information content (AvgIpc) is 3.15. The van der Waals surface area contributed by atoms with E-state index in [1.165, 1.54) is 0 Å². The van der Waals surface area contributed by atoms with Crippen molar-refractivity contribution in [3.05, 3.63) is 79.1 Å². The van der Waals surface area contributed by atoms with Crippen LogP contribution in [0.5, 0.6) is 0 Å². The van der Waals surface area contributed by atoms with Crippen molar-refractivity contribution in [2.24, 2.45) is 0 Å². The fourth-order valence-corrected chi connectivity index (χ4v) is 2.59. The minimum absolute atomic E-state index is 0.698. The van der Waals surface area contributed by atoms with Crippen LogP contribution in [0.25, 0.3) is 16.7 Å². The van der Waals surface area contributed by atoms with Crippen molar-refractivity contribution in [2.45, 2.75) is 6.54 Å². The van der Waals surface area contributed by atoms with E-state index in [0.717, 1.165) is 22.5 Å². The molecule has 0 saturated heterocycles. The van der Waals surface area contributed by atoms with Crippen LogP contribution in [0.3, 0.4) is 0 Å². The zero-order chi connectivity index (χ0) is 14.1. The van der Waals surface area contributed by atoms with Crippen LogP contribution >= 0.6 is 0 Å². The van der Waals surface area contributed by atoms with Gasteiger partial charge in [-0.05, 0) is 24.3 Å². The van der Waals surface area contributed by atoms with Crippen LogP contribution in [-0.2, 0) is 6.54 Å². The Hall–Kier alpha value is -2.88. The molecule has 4 aromatic rings. The van der Waals surface area contributed by atoms with Gasteiger partial charge in [0.25, 0.3) is 0 Å². The zero-order valence-corrected chi connectivity index (χ0v) is 11.4. The molecule has 4 nitrogen and oxygen atoms in total. The van der Waals surface area contributed by atoms with Crippen molar-refractivity contribution in [1.82, 2.24) is 19.1 Å². The number of fused-ring (bicyclic) bond motifs is 1. The van der Waals surface area contributed by atoms with Crippen molar-refractivity contribution in [1.29, 1.82) is 0 Å². The predicted octanol–water partition coefficient (Wildman–Crippen LogP) is 3.27. The Morgan fingerprint density at radius 2 is 1.71 bits per heavy atom. The number of hydrogen-bond donors (Lipinski definition) is 0. The largest absolute Gasteiger partial charge is 0.330 e. The van der Waals surface area contributed by atoms with Gasteiger partial charge in [0, 0.05) is 18.1 Å². The monoisotopic (exact) mass is 274 g/mol. The molecule has 0 aliphatic rings. The third-order valence-corrected chi connectivity index (χ3v) is 3.53. The van der Waals surface area contributed by atoms with E-state index in [4.69, 9.17) is 4.98 Å². The summed E-state index contributed by atoms with van der Waals surface area (Å²) in [4.78, 5) is 8.88. The summed E-state index contributed by atoms with van der Waals surface area (Å²) in [6.07, 6.45) is 5.55. The molecule has 0 fully saturated rings. The van der Waals surface area contributed by atoms with Crippen LogP contribution in [0, 0.1) is 0 Å². The Bertz CT molecular complexity index is 860. The molecule has 2 heterocycles. The second-order valence-electron chi connectivity index (χ2n) is 4.92. The molecule has 0 aliphatic heterocycles. The molecule has 0 saturated carbocycles. The summed E-state index contributed by atoms with van der Waals surface area (Å²) in [6, 6.07) is 18.5. The van der Waals surface area contributed by atoms with Gasteiger partial charge in [-0.25, -0.2) is 9.97 Å². The standard InChI is InChI=1S/C17H14N4/c1-2-6-14(7-3-1)21-16-9-5-4-8-15(16)19-17(21)12-20-11-10-18-13-20/h1-11,13H,12H2. The normalized spacial score (nSPS) is 11.0. The van der Waals surface area contributed by atoms with Gasteiger partial charge in [-0.15, -0.1) is 0 Å². The Morgan fingerprint density at radius 1 is 0.905 bits per heavy atom. The third kappa shape index (κ3) is 2.10. The maximum Gasteiger partial charge on any atom is 0.134 e. The van der Waals surface area contributed by atoms with Gasteiger partial charge in [0.1, 0.15) is 5.82 Å². The van der Waals surface area contributed by atoms with Gasteiger partial charge in [-0.2, -0.15) is 0 Å². The predicted molar refractivity (Wildman–Crippen MR) is 82.4 cm³/mol. The van der Waals surface area contributed by atoms with Gasteiger partial charge < -0.3 is 4.57 Å². The van der Waals surface area contributed by atoms with Gasteiger partial charge in [-0.1, -0.05) is 30.3 Å². The van der Waals surface area contributed by atoms with Crippen LogP contribution in [0.15, 0.2) is 73.3 Å². The fraction of sp³-hybridized carbons (Fsp3) is 0.0588. The molecule has 0 N–H and O–H groups in total. The number of nitrogens with zero attached hydrogens (tertiary/aromatic N) is 4. The molecule has 4 heteroatoms. The van der Waals surface area contributed by atoms with Crippen LogP contribution in [-0.4, -0.2) is 19.1 Å². The van der Waals surface area contributed by atoms with E-state index in [2.05, 4.69) is 27.8 Å². The quantitative estimate of drug-likeness (QED) is 0.575. The van der Waals surface area contributed by atoms with E-state index < -0.39 is 0 Å². The molecular weight excluding hydrogens is 260 g/mol. The van der Waals surface area contributed by atoms with Crippen LogP contribution in [0.2, 0.25) is 0 Å². The Balaban J connectivity index is 1.93. The van der Waals surface area contributed by atoms with Crippen molar-refractivity contribution in [3.8, 4) is 5.69 Å². The first-order chi connectivity index (χ1) is 10.4. The van der Waals surface area contributed by atoms with Crippen LogP contribution in [0.4, 0.5) is 0 Å². The molecule has 0 aliphatic carbocycles. The van der Waals surface area contributed by atoms with Gasteiger partial charge >= 0.3 is 0 Å². The highest BCUT2D eigenvalue weighted by atomic mass is 15.1. The second-order valence-corrected chi connectivity index (χ2v) is 4.92. The molecule has 0 atom stereocenters. The molecule has 4 rings (SSSR count). The third-order valence-electron chi connectivity index (χ3n) is 3.53. The Morgan fingerprint density at radius 3 is 2.52 bits per heavy atom. The number of benzene rings is 2.